The molecule has 0 atom stereocenters. The lowest BCUT2D eigenvalue weighted by Crippen LogP contribution is -2.09. The van der Waals surface area contributed by atoms with Crippen molar-refractivity contribution in [1.82, 2.24) is 0 Å². The molecule has 0 aliphatic heterocycles. The standard InChI is InChI=1S/C17H14O7/c1-24-16-5-3-9(6-15(16)21)12(18)8-14(20)11-4-2-10(17(22)23)7-13(11)19/h2-7,19,21H,8H2,1H3,(H,22,23). The second-order valence-corrected chi connectivity index (χ2v) is 4.95. The molecule has 3 N–H and O–H groups in total. The molecular formula is C17H14O7. The molecule has 24 heavy (non-hydrogen) atoms. The van der Waals surface area contributed by atoms with Crippen LogP contribution in [-0.2, 0) is 0 Å². The summed E-state index contributed by atoms with van der Waals surface area (Å²) in [7, 11) is 1.36. The van der Waals surface area contributed by atoms with E-state index in [1.165, 1.54) is 31.4 Å². The number of carbonyl (C=O) groups excluding carboxylic acids is 2. The lowest BCUT2D eigenvalue weighted by molar-refractivity contribution is 0.0695. The molecule has 0 aliphatic rings. The van der Waals surface area contributed by atoms with Crippen LogP contribution in [0.1, 0.15) is 37.5 Å². The molecule has 0 bridgehead atoms. The van der Waals surface area contributed by atoms with E-state index in [9.17, 15) is 24.6 Å². The number of phenolic OH excluding ortho intramolecular Hbond substituents is 2. The average molecular weight is 330 g/mol. The Morgan fingerprint density at radius 3 is 2.08 bits per heavy atom. The number of hydrogen-bond donors (Lipinski definition) is 3. The molecule has 2 aromatic carbocycles. The number of Topliss-reactive ketones (excluding diaryl/α,β-unsaturated/α-hetero) is 2. The molecule has 0 radical (unpaired) electrons. The number of methoxy groups -OCH3 is 1. The fourth-order valence-electron chi connectivity index (χ4n) is 2.11. The van der Waals surface area contributed by atoms with Crippen molar-refractivity contribution in [2.75, 3.05) is 7.11 Å². The molecule has 0 heterocycles. The van der Waals surface area contributed by atoms with Crippen molar-refractivity contribution in [3.05, 3.63) is 53.1 Å². The number of carboxylic acids is 1. The number of carboxylic acid groups (broad SMARTS) is 1. The molecule has 0 saturated carbocycles. The molecular weight excluding hydrogens is 316 g/mol. The van der Waals surface area contributed by atoms with Gasteiger partial charge in [-0.2, -0.15) is 0 Å². The van der Waals surface area contributed by atoms with Gasteiger partial charge in [0, 0.05) is 5.56 Å². The highest BCUT2D eigenvalue weighted by Gasteiger charge is 2.19. The van der Waals surface area contributed by atoms with Crippen LogP contribution in [0.3, 0.4) is 0 Å². The summed E-state index contributed by atoms with van der Waals surface area (Å²) < 4.78 is 4.87. The van der Waals surface area contributed by atoms with E-state index in [0.29, 0.717) is 0 Å². The zero-order valence-corrected chi connectivity index (χ0v) is 12.6. The van der Waals surface area contributed by atoms with E-state index in [4.69, 9.17) is 9.84 Å². The van der Waals surface area contributed by atoms with Crippen LogP contribution in [0.15, 0.2) is 36.4 Å². The number of aromatic carboxylic acids is 1. The lowest BCUT2D eigenvalue weighted by atomic mass is 9.99. The topological polar surface area (TPSA) is 121 Å². The minimum absolute atomic E-state index is 0.114. The second kappa shape index (κ2) is 6.82. The van der Waals surface area contributed by atoms with Gasteiger partial charge in [-0.3, -0.25) is 9.59 Å². The summed E-state index contributed by atoms with van der Waals surface area (Å²) in [4.78, 5) is 35.0. The number of benzene rings is 2. The predicted molar refractivity (Wildman–Crippen MR) is 83.0 cm³/mol. The second-order valence-electron chi connectivity index (χ2n) is 4.95. The smallest absolute Gasteiger partial charge is 0.335 e. The van der Waals surface area contributed by atoms with Gasteiger partial charge in [0.15, 0.2) is 23.1 Å². The molecule has 7 heteroatoms. The maximum atomic E-state index is 12.1. The molecule has 0 saturated heterocycles. The van der Waals surface area contributed by atoms with Crippen LogP contribution in [0.5, 0.6) is 17.2 Å². The number of carbonyl (C=O) groups is 3. The molecule has 0 aromatic heterocycles. The van der Waals surface area contributed by atoms with Gasteiger partial charge >= 0.3 is 5.97 Å². The minimum atomic E-state index is -1.24. The summed E-state index contributed by atoms with van der Waals surface area (Å²) in [5.74, 6) is -3.01. The molecule has 2 rings (SSSR count). The maximum Gasteiger partial charge on any atom is 0.335 e. The van der Waals surface area contributed by atoms with E-state index in [-0.39, 0.29) is 28.2 Å². The lowest BCUT2D eigenvalue weighted by Gasteiger charge is -2.07. The Hall–Kier alpha value is -3.35. The van der Waals surface area contributed by atoms with Gasteiger partial charge in [-0.05, 0) is 36.4 Å². The third-order valence-corrected chi connectivity index (χ3v) is 3.37. The first kappa shape index (κ1) is 17.0. The van der Waals surface area contributed by atoms with Gasteiger partial charge in [0.1, 0.15) is 5.75 Å². The normalized spacial score (nSPS) is 10.2. The van der Waals surface area contributed by atoms with Crippen molar-refractivity contribution >= 4 is 17.5 Å². The minimum Gasteiger partial charge on any atom is -0.507 e. The Morgan fingerprint density at radius 2 is 1.54 bits per heavy atom. The highest BCUT2D eigenvalue weighted by atomic mass is 16.5. The number of ketones is 2. The van der Waals surface area contributed by atoms with Crippen LogP contribution in [-0.4, -0.2) is 40.0 Å². The summed E-state index contributed by atoms with van der Waals surface area (Å²) in [5.41, 5.74) is -0.204. The van der Waals surface area contributed by atoms with E-state index in [0.717, 1.165) is 12.1 Å². The van der Waals surface area contributed by atoms with Crippen molar-refractivity contribution in [2.24, 2.45) is 0 Å². The van der Waals surface area contributed by atoms with Crippen LogP contribution >= 0.6 is 0 Å². The van der Waals surface area contributed by atoms with Gasteiger partial charge in [-0.1, -0.05) is 0 Å². The monoisotopic (exact) mass is 330 g/mol. The van der Waals surface area contributed by atoms with Gasteiger partial charge in [-0.25, -0.2) is 4.79 Å². The molecule has 0 spiro atoms. The van der Waals surface area contributed by atoms with E-state index in [2.05, 4.69) is 0 Å². The average Bonchev–Trinajstić information content (AvgIpc) is 2.54. The van der Waals surface area contributed by atoms with Gasteiger partial charge in [0.25, 0.3) is 0 Å². The SMILES string of the molecule is COc1ccc(C(=O)CC(=O)c2ccc(C(=O)O)cc2O)cc1O. The van der Waals surface area contributed by atoms with E-state index >= 15 is 0 Å². The Labute approximate surface area is 136 Å². The molecule has 2 aromatic rings. The van der Waals surface area contributed by atoms with Crippen LogP contribution in [0.2, 0.25) is 0 Å². The van der Waals surface area contributed by atoms with Gasteiger partial charge < -0.3 is 20.1 Å². The summed E-state index contributed by atoms with van der Waals surface area (Å²) in [6.45, 7) is 0. The first-order valence-corrected chi connectivity index (χ1v) is 6.83. The van der Waals surface area contributed by atoms with Gasteiger partial charge in [0.2, 0.25) is 0 Å². The molecule has 0 amide bonds. The van der Waals surface area contributed by atoms with Gasteiger partial charge in [0.05, 0.1) is 24.7 Å². The summed E-state index contributed by atoms with van der Waals surface area (Å²) in [5, 5.41) is 28.2. The summed E-state index contributed by atoms with van der Waals surface area (Å²) in [6, 6.07) is 7.24. The van der Waals surface area contributed by atoms with Gasteiger partial charge in [-0.15, -0.1) is 0 Å². The van der Waals surface area contributed by atoms with Crippen molar-refractivity contribution in [1.29, 1.82) is 0 Å². The molecule has 124 valence electrons. The third-order valence-electron chi connectivity index (χ3n) is 3.37. The number of hydrogen-bond acceptors (Lipinski definition) is 6. The third kappa shape index (κ3) is 3.52. The van der Waals surface area contributed by atoms with E-state index in [1.807, 2.05) is 0 Å². The van der Waals surface area contributed by atoms with Crippen LogP contribution < -0.4 is 4.74 Å². The highest BCUT2D eigenvalue weighted by molar-refractivity contribution is 6.14. The number of aromatic hydroxyl groups is 2. The van der Waals surface area contributed by atoms with Crippen LogP contribution in [0, 0.1) is 0 Å². The zero-order valence-electron chi connectivity index (χ0n) is 12.6. The first-order valence-electron chi connectivity index (χ1n) is 6.83. The van der Waals surface area contributed by atoms with Crippen molar-refractivity contribution in [3.8, 4) is 17.2 Å². The highest BCUT2D eigenvalue weighted by Crippen LogP contribution is 2.27. The molecule has 7 nitrogen and oxygen atoms in total. The summed E-state index contributed by atoms with van der Waals surface area (Å²) >= 11 is 0. The first-order chi connectivity index (χ1) is 11.3. The fourth-order valence-corrected chi connectivity index (χ4v) is 2.11. The van der Waals surface area contributed by atoms with Crippen LogP contribution in [0.25, 0.3) is 0 Å². The Morgan fingerprint density at radius 1 is 0.917 bits per heavy atom. The predicted octanol–water partition coefficient (Wildman–Crippen LogP) is 2.26. The van der Waals surface area contributed by atoms with Crippen LogP contribution in [0.4, 0.5) is 0 Å². The zero-order chi connectivity index (χ0) is 17.9. The maximum absolute atomic E-state index is 12.1. The van der Waals surface area contributed by atoms with Crippen molar-refractivity contribution < 1.29 is 34.4 Å². The van der Waals surface area contributed by atoms with Crippen molar-refractivity contribution in [3.63, 3.8) is 0 Å². The molecule has 0 unspecified atom stereocenters. The number of rotatable bonds is 6. The molecule has 0 fully saturated rings. The van der Waals surface area contributed by atoms with E-state index < -0.39 is 29.7 Å². The fraction of sp³-hybridized carbons (Fsp3) is 0.118. The number of ether oxygens (including phenoxy) is 1. The van der Waals surface area contributed by atoms with Crippen molar-refractivity contribution in [2.45, 2.75) is 6.42 Å². The summed E-state index contributed by atoms with van der Waals surface area (Å²) in [6.07, 6.45) is -0.536. The Bertz CT molecular complexity index is 824. The van der Waals surface area contributed by atoms with E-state index in [1.54, 1.807) is 0 Å². The molecule has 0 aliphatic carbocycles. The Kier molecular flexibility index (Phi) is 4.84. The number of phenols is 2. The largest absolute Gasteiger partial charge is 0.507 e. The Balaban J connectivity index is 2.18. The quantitative estimate of drug-likeness (QED) is 0.548.